The van der Waals surface area contributed by atoms with Gasteiger partial charge in [-0.25, -0.2) is 4.98 Å². The molecule has 0 fully saturated rings. The Morgan fingerprint density at radius 3 is 2.93 bits per heavy atom. The Balaban J connectivity index is 2.66. The fourth-order valence-corrected chi connectivity index (χ4v) is 1.30. The molecule has 1 rings (SSSR count). The summed E-state index contributed by atoms with van der Waals surface area (Å²) in [5.41, 5.74) is 1.28. The zero-order valence-corrected chi connectivity index (χ0v) is 8.32. The van der Waals surface area contributed by atoms with Crippen LogP contribution in [0, 0.1) is 11.3 Å². The van der Waals surface area contributed by atoms with Crippen LogP contribution in [0.25, 0.3) is 0 Å². The maximum atomic E-state index is 9.17. The number of aromatic hydroxyl groups is 1. The van der Waals surface area contributed by atoms with E-state index < -0.39 is 0 Å². The molecule has 0 aliphatic rings. The fourth-order valence-electron chi connectivity index (χ4n) is 1.30. The molecule has 0 unspecified atom stereocenters. The van der Waals surface area contributed by atoms with E-state index >= 15 is 0 Å². The average Bonchev–Trinajstić information content (AvgIpc) is 2.21. The van der Waals surface area contributed by atoms with Crippen molar-refractivity contribution in [1.29, 1.82) is 5.26 Å². The molecular formula is C11H14N2O. The SMILES string of the molecule is CCCCCc1cnc(O)c(C#N)c1. The van der Waals surface area contributed by atoms with E-state index in [1.165, 1.54) is 12.8 Å². The van der Waals surface area contributed by atoms with Crippen LogP contribution < -0.4 is 0 Å². The quantitative estimate of drug-likeness (QED) is 0.741. The largest absolute Gasteiger partial charge is 0.492 e. The molecule has 0 saturated heterocycles. The van der Waals surface area contributed by atoms with Crippen molar-refractivity contribution in [2.24, 2.45) is 0 Å². The van der Waals surface area contributed by atoms with Gasteiger partial charge in [-0.05, 0) is 24.5 Å². The van der Waals surface area contributed by atoms with E-state index in [2.05, 4.69) is 11.9 Å². The van der Waals surface area contributed by atoms with Gasteiger partial charge in [0.05, 0.1) is 0 Å². The van der Waals surface area contributed by atoms with Gasteiger partial charge in [-0.3, -0.25) is 0 Å². The lowest BCUT2D eigenvalue weighted by Gasteiger charge is -2.01. The average molecular weight is 190 g/mol. The van der Waals surface area contributed by atoms with Gasteiger partial charge in [0, 0.05) is 6.20 Å². The van der Waals surface area contributed by atoms with Crippen molar-refractivity contribution in [3.8, 4) is 11.9 Å². The Kier molecular flexibility index (Phi) is 3.93. The van der Waals surface area contributed by atoms with Crippen LogP contribution in [0.5, 0.6) is 5.88 Å². The summed E-state index contributed by atoms with van der Waals surface area (Å²) >= 11 is 0. The summed E-state index contributed by atoms with van der Waals surface area (Å²) in [5.74, 6) is -0.174. The van der Waals surface area contributed by atoms with Gasteiger partial charge in [0.15, 0.2) is 0 Å². The molecule has 0 saturated carbocycles. The van der Waals surface area contributed by atoms with Crippen molar-refractivity contribution >= 4 is 0 Å². The number of nitrogens with zero attached hydrogens (tertiary/aromatic N) is 2. The standard InChI is InChI=1S/C11H14N2O/c1-2-3-4-5-9-6-10(7-12)11(14)13-8-9/h6,8H,2-5H2,1H3,(H,13,14). The van der Waals surface area contributed by atoms with E-state index in [1.807, 2.05) is 6.07 Å². The topological polar surface area (TPSA) is 56.9 Å². The van der Waals surface area contributed by atoms with Gasteiger partial charge in [0.1, 0.15) is 11.6 Å². The number of hydrogen-bond acceptors (Lipinski definition) is 3. The van der Waals surface area contributed by atoms with E-state index in [4.69, 9.17) is 5.26 Å². The highest BCUT2D eigenvalue weighted by atomic mass is 16.3. The van der Waals surface area contributed by atoms with Crippen LogP contribution in [0.2, 0.25) is 0 Å². The normalized spacial score (nSPS) is 9.71. The molecule has 3 nitrogen and oxygen atoms in total. The molecule has 1 heterocycles. The summed E-state index contributed by atoms with van der Waals surface area (Å²) in [5, 5.41) is 17.8. The third-order valence-corrected chi connectivity index (χ3v) is 2.11. The highest BCUT2D eigenvalue weighted by molar-refractivity contribution is 5.39. The molecule has 1 aromatic rings. The Morgan fingerprint density at radius 1 is 1.50 bits per heavy atom. The monoisotopic (exact) mass is 190 g/mol. The van der Waals surface area contributed by atoms with Crippen molar-refractivity contribution in [2.45, 2.75) is 32.6 Å². The highest BCUT2D eigenvalue weighted by Gasteiger charge is 2.02. The number of aryl methyl sites for hydroxylation is 1. The number of pyridine rings is 1. The maximum Gasteiger partial charge on any atom is 0.229 e. The predicted molar refractivity (Wildman–Crippen MR) is 53.8 cm³/mol. The van der Waals surface area contributed by atoms with Crippen molar-refractivity contribution in [1.82, 2.24) is 4.98 Å². The molecule has 74 valence electrons. The van der Waals surface area contributed by atoms with Crippen LogP contribution in [0.4, 0.5) is 0 Å². The summed E-state index contributed by atoms with van der Waals surface area (Å²) in [6.45, 7) is 2.15. The minimum absolute atomic E-state index is 0.174. The van der Waals surface area contributed by atoms with Gasteiger partial charge >= 0.3 is 0 Å². The molecule has 0 amide bonds. The molecule has 0 atom stereocenters. The zero-order chi connectivity index (χ0) is 10.4. The first-order valence-corrected chi connectivity index (χ1v) is 4.86. The van der Waals surface area contributed by atoms with Gasteiger partial charge in [0.2, 0.25) is 5.88 Å². The fraction of sp³-hybridized carbons (Fsp3) is 0.455. The first-order valence-electron chi connectivity index (χ1n) is 4.86. The molecule has 0 aromatic carbocycles. The van der Waals surface area contributed by atoms with Crippen LogP contribution in [0.15, 0.2) is 12.3 Å². The van der Waals surface area contributed by atoms with Crippen molar-refractivity contribution in [3.63, 3.8) is 0 Å². The molecule has 0 spiro atoms. The van der Waals surface area contributed by atoms with Crippen molar-refractivity contribution in [2.75, 3.05) is 0 Å². The van der Waals surface area contributed by atoms with Crippen LogP contribution in [-0.2, 0) is 6.42 Å². The lowest BCUT2D eigenvalue weighted by Crippen LogP contribution is -1.90. The molecule has 3 heteroatoms. The number of rotatable bonds is 4. The Hall–Kier alpha value is -1.56. The lowest BCUT2D eigenvalue weighted by atomic mass is 10.1. The summed E-state index contributed by atoms with van der Waals surface area (Å²) in [6.07, 6.45) is 6.02. The molecule has 1 aromatic heterocycles. The molecule has 1 N–H and O–H groups in total. The van der Waals surface area contributed by atoms with Crippen LogP contribution in [-0.4, -0.2) is 10.1 Å². The Labute approximate surface area is 84.0 Å². The Morgan fingerprint density at radius 2 is 2.29 bits per heavy atom. The molecular weight excluding hydrogens is 176 g/mol. The summed E-state index contributed by atoms with van der Waals surface area (Å²) in [6, 6.07) is 3.62. The van der Waals surface area contributed by atoms with Gasteiger partial charge in [-0.2, -0.15) is 5.26 Å². The predicted octanol–water partition coefficient (Wildman–Crippen LogP) is 2.39. The maximum absolute atomic E-state index is 9.17. The number of unbranched alkanes of at least 4 members (excludes halogenated alkanes) is 2. The van der Waals surface area contributed by atoms with Gasteiger partial charge < -0.3 is 5.11 Å². The van der Waals surface area contributed by atoms with Gasteiger partial charge in [-0.1, -0.05) is 19.8 Å². The molecule has 0 aliphatic carbocycles. The third kappa shape index (κ3) is 2.74. The van der Waals surface area contributed by atoms with E-state index in [0.29, 0.717) is 0 Å². The second-order valence-corrected chi connectivity index (χ2v) is 3.28. The van der Waals surface area contributed by atoms with Crippen LogP contribution >= 0.6 is 0 Å². The number of hydrogen-bond donors (Lipinski definition) is 1. The second-order valence-electron chi connectivity index (χ2n) is 3.28. The third-order valence-electron chi connectivity index (χ3n) is 2.11. The minimum atomic E-state index is -0.174. The van der Waals surface area contributed by atoms with E-state index in [0.717, 1.165) is 18.4 Å². The van der Waals surface area contributed by atoms with Crippen molar-refractivity contribution in [3.05, 3.63) is 23.4 Å². The highest BCUT2D eigenvalue weighted by Crippen LogP contribution is 2.15. The molecule has 0 radical (unpaired) electrons. The van der Waals surface area contributed by atoms with E-state index in [1.54, 1.807) is 12.3 Å². The van der Waals surface area contributed by atoms with Crippen LogP contribution in [0.1, 0.15) is 37.3 Å². The molecule has 0 bridgehead atoms. The summed E-state index contributed by atoms with van der Waals surface area (Å²) < 4.78 is 0. The Bertz CT molecular complexity index is 342. The van der Waals surface area contributed by atoms with Crippen LogP contribution in [0.3, 0.4) is 0 Å². The summed E-state index contributed by atoms with van der Waals surface area (Å²) in [7, 11) is 0. The molecule has 14 heavy (non-hydrogen) atoms. The first-order chi connectivity index (χ1) is 6.77. The van der Waals surface area contributed by atoms with E-state index in [-0.39, 0.29) is 11.4 Å². The first kappa shape index (κ1) is 10.5. The van der Waals surface area contributed by atoms with Gasteiger partial charge in [-0.15, -0.1) is 0 Å². The number of nitriles is 1. The lowest BCUT2D eigenvalue weighted by molar-refractivity contribution is 0.451. The second kappa shape index (κ2) is 5.23. The van der Waals surface area contributed by atoms with Gasteiger partial charge in [0.25, 0.3) is 0 Å². The molecule has 0 aliphatic heterocycles. The zero-order valence-electron chi connectivity index (χ0n) is 8.32. The van der Waals surface area contributed by atoms with Crippen molar-refractivity contribution < 1.29 is 5.11 Å². The van der Waals surface area contributed by atoms with E-state index in [9.17, 15) is 5.11 Å². The summed E-state index contributed by atoms with van der Waals surface area (Å²) in [4.78, 5) is 3.76. The smallest absolute Gasteiger partial charge is 0.229 e. The number of aromatic nitrogens is 1. The minimum Gasteiger partial charge on any atom is -0.492 e.